The van der Waals surface area contributed by atoms with Crippen molar-refractivity contribution in [2.75, 3.05) is 13.7 Å². The van der Waals surface area contributed by atoms with Gasteiger partial charge in [0.2, 0.25) is 0 Å². The molecule has 0 radical (unpaired) electrons. The van der Waals surface area contributed by atoms with Crippen LogP contribution in [0.3, 0.4) is 0 Å². The van der Waals surface area contributed by atoms with E-state index in [4.69, 9.17) is 9.26 Å². The summed E-state index contributed by atoms with van der Waals surface area (Å²) in [5.74, 6) is 2.26. The molecule has 0 N–H and O–H groups in total. The molecule has 0 aliphatic rings. The Balaban J connectivity index is 1.67. The van der Waals surface area contributed by atoms with Crippen LogP contribution in [0.4, 0.5) is 0 Å². The zero-order valence-corrected chi connectivity index (χ0v) is 17.2. The molecule has 3 rings (SSSR count). The van der Waals surface area contributed by atoms with Gasteiger partial charge in [0, 0.05) is 24.6 Å². The van der Waals surface area contributed by atoms with E-state index in [1.165, 1.54) is 0 Å². The standard InChI is InChI=1S/C22H24N2O3S/c1-4-26-18-11-9-17(10-12-18)14-24(3)22(25)20-7-5-6-8-21(20)28-15-19-13-16(2)23-27-19/h5-13H,4,14-15H2,1-3H3. The molecule has 28 heavy (non-hydrogen) atoms. The average Bonchev–Trinajstić information content (AvgIpc) is 3.13. The Kier molecular flexibility index (Phi) is 6.76. The van der Waals surface area contributed by atoms with Crippen molar-refractivity contribution in [3.05, 3.63) is 77.2 Å². The van der Waals surface area contributed by atoms with Gasteiger partial charge in [0.15, 0.2) is 0 Å². The van der Waals surface area contributed by atoms with Crippen LogP contribution in [0.1, 0.15) is 34.3 Å². The number of ether oxygens (including phenoxy) is 1. The van der Waals surface area contributed by atoms with Gasteiger partial charge in [-0.1, -0.05) is 29.4 Å². The molecule has 6 heteroatoms. The Bertz CT molecular complexity index is 922. The molecule has 0 fully saturated rings. The van der Waals surface area contributed by atoms with Crippen molar-refractivity contribution in [3.63, 3.8) is 0 Å². The minimum absolute atomic E-state index is 0.00858. The van der Waals surface area contributed by atoms with E-state index in [0.717, 1.165) is 27.7 Å². The van der Waals surface area contributed by atoms with Crippen LogP contribution < -0.4 is 4.74 Å². The van der Waals surface area contributed by atoms with Crippen LogP contribution >= 0.6 is 11.8 Å². The maximum absolute atomic E-state index is 13.0. The summed E-state index contributed by atoms with van der Waals surface area (Å²) in [5, 5.41) is 3.91. The first-order valence-electron chi connectivity index (χ1n) is 9.18. The summed E-state index contributed by atoms with van der Waals surface area (Å²) in [4.78, 5) is 15.7. The highest BCUT2D eigenvalue weighted by molar-refractivity contribution is 7.98. The number of hydrogen-bond donors (Lipinski definition) is 0. The van der Waals surface area contributed by atoms with E-state index in [1.54, 1.807) is 16.7 Å². The average molecular weight is 397 g/mol. The predicted molar refractivity (Wildman–Crippen MR) is 111 cm³/mol. The summed E-state index contributed by atoms with van der Waals surface area (Å²) in [5.41, 5.74) is 2.61. The van der Waals surface area contributed by atoms with Gasteiger partial charge in [0.1, 0.15) is 11.5 Å². The van der Waals surface area contributed by atoms with E-state index in [9.17, 15) is 4.79 Å². The smallest absolute Gasteiger partial charge is 0.255 e. The lowest BCUT2D eigenvalue weighted by Gasteiger charge is -2.19. The first kappa shape index (κ1) is 20.0. The second-order valence-corrected chi connectivity index (χ2v) is 7.47. The van der Waals surface area contributed by atoms with Gasteiger partial charge in [-0.05, 0) is 43.7 Å². The van der Waals surface area contributed by atoms with Crippen molar-refractivity contribution in [2.24, 2.45) is 0 Å². The fraction of sp³-hybridized carbons (Fsp3) is 0.273. The minimum atomic E-state index is -0.00858. The molecular formula is C22H24N2O3S. The Morgan fingerprint density at radius 2 is 1.93 bits per heavy atom. The third-order valence-electron chi connectivity index (χ3n) is 4.16. The number of benzene rings is 2. The molecule has 3 aromatic rings. The van der Waals surface area contributed by atoms with Crippen LogP contribution in [0, 0.1) is 6.92 Å². The number of amides is 1. The van der Waals surface area contributed by atoms with Gasteiger partial charge in [0.25, 0.3) is 5.91 Å². The molecule has 1 heterocycles. The lowest BCUT2D eigenvalue weighted by molar-refractivity contribution is 0.0781. The molecule has 0 saturated heterocycles. The SMILES string of the molecule is CCOc1ccc(CN(C)C(=O)c2ccccc2SCc2cc(C)no2)cc1. The number of rotatable bonds is 8. The summed E-state index contributed by atoms with van der Waals surface area (Å²) >= 11 is 1.58. The van der Waals surface area contributed by atoms with Crippen LogP contribution in [-0.2, 0) is 12.3 Å². The number of aromatic nitrogens is 1. The number of aryl methyl sites for hydroxylation is 1. The molecule has 0 aliphatic heterocycles. The molecule has 2 aromatic carbocycles. The second kappa shape index (κ2) is 9.46. The molecule has 0 aliphatic carbocycles. The fourth-order valence-electron chi connectivity index (χ4n) is 2.81. The Labute approximate surface area is 169 Å². The molecule has 0 spiro atoms. The summed E-state index contributed by atoms with van der Waals surface area (Å²) in [7, 11) is 1.82. The highest BCUT2D eigenvalue weighted by Gasteiger charge is 2.16. The van der Waals surface area contributed by atoms with E-state index < -0.39 is 0 Å². The van der Waals surface area contributed by atoms with Gasteiger partial charge < -0.3 is 14.2 Å². The van der Waals surface area contributed by atoms with Gasteiger partial charge in [0.05, 0.1) is 23.6 Å². The van der Waals surface area contributed by atoms with E-state index in [2.05, 4.69) is 5.16 Å². The highest BCUT2D eigenvalue weighted by atomic mass is 32.2. The number of hydrogen-bond acceptors (Lipinski definition) is 5. The number of carbonyl (C=O) groups is 1. The van der Waals surface area contributed by atoms with Gasteiger partial charge in [-0.2, -0.15) is 0 Å². The minimum Gasteiger partial charge on any atom is -0.494 e. The number of nitrogens with zero attached hydrogens (tertiary/aromatic N) is 2. The quantitative estimate of drug-likeness (QED) is 0.505. The van der Waals surface area contributed by atoms with E-state index in [1.807, 2.05) is 75.5 Å². The Morgan fingerprint density at radius 3 is 2.61 bits per heavy atom. The van der Waals surface area contributed by atoms with Gasteiger partial charge in [-0.3, -0.25) is 4.79 Å². The maximum Gasteiger partial charge on any atom is 0.255 e. The molecule has 1 amide bonds. The van der Waals surface area contributed by atoms with E-state index >= 15 is 0 Å². The summed E-state index contributed by atoms with van der Waals surface area (Å²) in [6.07, 6.45) is 0. The summed E-state index contributed by atoms with van der Waals surface area (Å²) in [6.45, 7) is 5.02. The Hall–Kier alpha value is -2.73. The first-order chi connectivity index (χ1) is 13.6. The van der Waals surface area contributed by atoms with Crippen molar-refractivity contribution in [3.8, 4) is 5.75 Å². The van der Waals surface area contributed by atoms with Crippen LogP contribution in [0.15, 0.2) is 64.0 Å². The van der Waals surface area contributed by atoms with E-state index in [0.29, 0.717) is 24.5 Å². The van der Waals surface area contributed by atoms with Crippen LogP contribution in [-0.4, -0.2) is 29.6 Å². The van der Waals surface area contributed by atoms with Crippen molar-refractivity contribution >= 4 is 17.7 Å². The molecule has 0 unspecified atom stereocenters. The zero-order valence-electron chi connectivity index (χ0n) is 16.3. The van der Waals surface area contributed by atoms with Crippen molar-refractivity contribution < 1.29 is 14.1 Å². The molecule has 0 saturated carbocycles. The van der Waals surface area contributed by atoms with Crippen molar-refractivity contribution in [1.82, 2.24) is 10.1 Å². The molecule has 0 atom stereocenters. The Morgan fingerprint density at radius 1 is 1.18 bits per heavy atom. The molecule has 0 bridgehead atoms. The van der Waals surface area contributed by atoms with Crippen LogP contribution in [0.2, 0.25) is 0 Å². The summed E-state index contributed by atoms with van der Waals surface area (Å²) in [6, 6.07) is 17.4. The first-order valence-corrected chi connectivity index (χ1v) is 10.2. The van der Waals surface area contributed by atoms with Gasteiger partial charge >= 0.3 is 0 Å². The lowest BCUT2D eigenvalue weighted by Crippen LogP contribution is -2.26. The molecule has 1 aromatic heterocycles. The number of thioether (sulfide) groups is 1. The van der Waals surface area contributed by atoms with Crippen LogP contribution in [0.25, 0.3) is 0 Å². The largest absolute Gasteiger partial charge is 0.494 e. The zero-order chi connectivity index (χ0) is 19.9. The topological polar surface area (TPSA) is 55.6 Å². The van der Waals surface area contributed by atoms with Gasteiger partial charge in [-0.15, -0.1) is 11.8 Å². The molecule has 146 valence electrons. The molecule has 5 nitrogen and oxygen atoms in total. The fourth-order valence-corrected chi connectivity index (χ4v) is 3.73. The lowest BCUT2D eigenvalue weighted by atomic mass is 10.1. The van der Waals surface area contributed by atoms with Gasteiger partial charge in [-0.25, -0.2) is 0 Å². The van der Waals surface area contributed by atoms with Crippen molar-refractivity contribution in [2.45, 2.75) is 31.0 Å². The number of carbonyl (C=O) groups excluding carboxylic acids is 1. The predicted octanol–water partition coefficient (Wildman–Crippen LogP) is 4.95. The normalized spacial score (nSPS) is 10.7. The third kappa shape index (κ3) is 5.16. The summed E-state index contributed by atoms with van der Waals surface area (Å²) < 4.78 is 10.7. The van der Waals surface area contributed by atoms with E-state index in [-0.39, 0.29) is 5.91 Å². The van der Waals surface area contributed by atoms with Crippen LogP contribution in [0.5, 0.6) is 5.75 Å². The van der Waals surface area contributed by atoms with Crippen molar-refractivity contribution in [1.29, 1.82) is 0 Å². The molecular weight excluding hydrogens is 372 g/mol. The maximum atomic E-state index is 13.0. The second-order valence-electron chi connectivity index (χ2n) is 6.46. The third-order valence-corrected chi connectivity index (χ3v) is 5.26. The highest BCUT2D eigenvalue weighted by Crippen LogP contribution is 2.27. The monoisotopic (exact) mass is 396 g/mol.